The van der Waals surface area contributed by atoms with Crippen molar-refractivity contribution in [2.75, 3.05) is 5.32 Å². The molecule has 0 bridgehead atoms. The van der Waals surface area contributed by atoms with Crippen molar-refractivity contribution in [2.45, 2.75) is 24.9 Å². The molecule has 0 spiro atoms. The van der Waals surface area contributed by atoms with Gasteiger partial charge in [-0.2, -0.15) is 0 Å². The van der Waals surface area contributed by atoms with Crippen LogP contribution >= 0.6 is 0 Å². The first-order chi connectivity index (χ1) is 17.1. The standard InChI is InChI=1S/C26H22N2O8/c27-25(35)21-18(31)9-13-6-12-8-16-15(11-2-1-3-14(7-11)28-10-29)4-5-17(30)20(16)22(32)19(12)23(33)26(13,36)24(21)34/h1-5,7,10,12-13,30,32,34,36H,6,8-9H2,(H2,27,35)(H,28,29)/t12?,13-,26-/m0/s1. The number of Topliss-reactive ketones (excluding diaryl/α,β-unsaturated/α-hetero) is 2. The number of nitrogens with two attached hydrogens (primary N) is 1. The summed E-state index contributed by atoms with van der Waals surface area (Å²) in [7, 11) is 0. The molecule has 3 aliphatic carbocycles. The number of aliphatic hydroxyl groups excluding tert-OH is 2. The van der Waals surface area contributed by atoms with Gasteiger partial charge in [0, 0.05) is 23.6 Å². The summed E-state index contributed by atoms with van der Waals surface area (Å²) in [5, 5.41) is 46.3. The molecular formula is C26H22N2O8. The van der Waals surface area contributed by atoms with Gasteiger partial charge in [0.15, 0.2) is 11.4 Å². The van der Waals surface area contributed by atoms with Gasteiger partial charge >= 0.3 is 0 Å². The molecule has 1 unspecified atom stereocenters. The molecule has 3 atom stereocenters. The van der Waals surface area contributed by atoms with Crippen molar-refractivity contribution in [3.8, 4) is 16.9 Å². The van der Waals surface area contributed by atoms with Crippen LogP contribution in [-0.4, -0.2) is 49.9 Å². The number of hydrogen-bond acceptors (Lipinski definition) is 8. The Morgan fingerprint density at radius 2 is 1.86 bits per heavy atom. The first kappa shape index (κ1) is 23.3. The molecule has 1 saturated carbocycles. The average molecular weight is 490 g/mol. The topological polar surface area (TPSA) is 187 Å². The zero-order valence-corrected chi connectivity index (χ0v) is 18.8. The van der Waals surface area contributed by atoms with Crippen molar-refractivity contribution < 1.29 is 39.6 Å². The summed E-state index contributed by atoms with van der Waals surface area (Å²) >= 11 is 0. The van der Waals surface area contributed by atoms with Gasteiger partial charge in [-0.3, -0.25) is 19.2 Å². The normalized spacial score (nSPS) is 25.1. The SMILES string of the molecule is NC(=O)C1=C(O)[C@@]2(O)C(=O)C3=C(O)c4c(O)ccc(-c5cccc(NC=O)c5)c4CC3C[C@H]2CC1=O. The molecule has 2 aromatic carbocycles. The molecule has 5 rings (SSSR count). The van der Waals surface area contributed by atoms with Crippen LogP contribution in [0.1, 0.15) is 24.0 Å². The number of anilines is 1. The van der Waals surface area contributed by atoms with E-state index in [9.17, 15) is 39.6 Å². The van der Waals surface area contributed by atoms with Crippen LogP contribution in [0.2, 0.25) is 0 Å². The van der Waals surface area contributed by atoms with Crippen LogP contribution in [0.3, 0.4) is 0 Å². The number of amides is 2. The van der Waals surface area contributed by atoms with Gasteiger partial charge in [0.2, 0.25) is 12.2 Å². The number of fused-ring (bicyclic) bond motifs is 3. The number of ketones is 2. The molecule has 184 valence electrons. The quantitative estimate of drug-likeness (QED) is 0.276. The van der Waals surface area contributed by atoms with E-state index >= 15 is 0 Å². The number of nitrogens with one attached hydrogen (secondary N) is 1. The summed E-state index contributed by atoms with van der Waals surface area (Å²) in [4.78, 5) is 48.6. The van der Waals surface area contributed by atoms with E-state index in [0.717, 1.165) is 0 Å². The highest BCUT2D eigenvalue weighted by atomic mass is 16.3. The highest BCUT2D eigenvalue weighted by Crippen LogP contribution is 2.53. The maximum Gasteiger partial charge on any atom is 0.255 e. The van der Waals surface area contributed by atoms with E-state index < -0.39 is 52.0 Å². The number of aliphatic hydroxyl groups is 3. The van der Waals surface area contributed by atoms with Crippen LogP contribution in [0.4, 0.5) is 5.69 Å². The molecule has 1 fully saturated rings. The Morgan fingerprint density at radius 3 is 2.56 bits per heavy atom. The van der Waals surface area contributed by atoms with Crippen LogP contribution in [0, 0.1) is 11.8 Å². The van der Waals surface area contributed by atoms with Crippen molar-refractivity contribution in [3.05, 3.63) is 64.4 Å². The molecule has 10 nitrogen and oxygen atoms in total. The number of aromatic hydroxyl groups is 1. The van der Waals surface area contributed by atoms with Crippen molar-refractivity contribution in [1.82, 2.24) is 0 Å². The van der Waals surface area contributed by atoms with Crippen molar-refractivity contribution in [3.63, 3.8) is 0 Å². The summed E-state index contributed by atoms with van der Waals surface area (Å²) in [6, 6.07) is 9.95. The Hall–Kier alpha value is -4.44. The Balaban J connectivity index is 1.69. The van der Waals surface area contributed by atoms with Crippen molar-refractivity contribution in [2.24, 2.45) is 17.6 Å². The second-order valence-electron chi connectivity index (χ2n) is 9.24. The van der Waals surface area contributed by atoms with E-state index in [0.29, 0.717) is 28.8 Å². The first-order valence-corrected chi connectivity index (χ1v) is 11.2. The van der Waals surface area contributed by atoms with Gasteiger partial charge in [0.1, 0.15) is 22.8 Å². The van der Waals surface area contributed by atoms with Crippen LogP contribution in [0.25, 0.3) is 16.9 Å². The number of phenols is 1. The fourth-order valence-corrected chi connectivity index (χ4v) is 5.74. The van der Waals surface area contributed by atoms with E-state index in [4.69, 9.17) is 5.73 Å². The second-order valence-corrected chi connectivity index (χ2v) is 9.24. The summed E-state index contributed by atoms with van der Waals surface area (Å²) in [5.41, 5.74) is 3.99. The molecule has 0 radical (unpaired) electrons. The zero-order valence-electron chi connectivity index (χ0n) is 18.8. The highest BCUT2D eigenvalue weighted by Gasteiger charge is 2.60. The lowest BCUT2D eigenvalue weighted by Crippen LogP contribution is -2.58. The van der Waals surface area contributed by atoms with E-state index in [1.54, 1.807) is 30.3 Å². The Kier molecular flexibility index (Phi) is 5.22. The molecule has 0 heterocycles. The molecule has 2 aromatic rings. The summed E-state index contributed by atoms with van der Waals surface area (Å²) in [6.07, 6.45) is 0.391. The Labute approximate surface area is 204 Å². The van der Waals surface area contributed by atoms with E-state index in [1.807, 2.05) is 0 Å². The zero-order chi connectivity index (χ0) is 25.9. The maximum atomic E-state index is 13.6. The molecule has 7 N–H and O–H groups in total. The van der Waals surface area contributed by atoms with Crippen LogP contribution in [-0.2, 0) is 25.6 Å². The fraction of sp³-hybridized carbons (Fsp3) is 0.231. The number of carbonyl (C=O) groups is 4. The van der Waals surface area contributed by atoms with Gasteiger partial charge < -0.3 is 31.5 Å². The number of primary amides is 1. The van der Waals surface area contributed by atoms with Crippen molar-refractivity contribution >= 4 is 35.3 Å². The van der Waals surface area contributed by atoms with Gasteiger partial charge in [0.25, 0.3) is 5.91 Å². The lowest BCUT2D eigenvalue weighted by atomic mass is 9.59. The summed E-state index contributed by atoms with van der Waals surface area (Å²) < 4.78 is 0. The third-order valence-corrected chi connectivity index (χ3v) is 7.35. The number of hydrogen-bond donors (Lipinski definition) is 6. The number of benzene rings is 2. The number of rotatable bonds is 4. The average Bonchev–Trinajstić information content (AvgIpc) is 2.81. The molecule has 2 amide bonds. The van der Waals surface area contributed by atoms with E-state index in [2.05, 4.69) is 5.32 Å². The maximum absolute atomic E-state index is 13.6. The largest absolute Gasteiger partial charge is 0.508 e. The molecule has 10 heteroatoms. The minimum atomic E-state index is -2.60. The molecule has 3 aliphatic rings. The molecule has 0 aliphatic heterocycles. The predicted molar refractivity (Wildman–Crippen MR) is 127 cm³/mol. The monoisotopic (exact) mass is 490 g/mol. The third-order valence-electron chi connectivity index (χ3n) is 7.35. The second kappa shape index (κ2) is 8.06. The third kappa shape index (κ3) is 3.14. The van der Waals surface area contributed by atoms with Crippen molar-refractivity contribution in [1.29, 1.82) is 0 Å². The smallest absolute Gasteiger partial charge is 0.255 e. The highest BCUT2D eigenvalue weighted by molar-refractivity contribution is 6.22. The predicted octanol–water partition coefficient (Wildman–Crippen LogP) is 1.66. The van der Waals surface area contributed by atoms with Gasteiger partial charge in [-0.05, 0) is 53.6 Å². The lowest BCUT2D eigenvalue weighted by Gasteiger charge is -2.46. The summed E-state index contributed by atoms with van der Waals surface area (Å²) in [5.74, 6) is -6.70. The molecular weight excluding hydrogens is 468 g/mol. The van der Waals surface area contributed by atoms with Gasteiger partial charge in [0.05, 0.1) is 5.56 Å². The molecule has 0 aromatic heterocycles. The minimum Gasteiger partial charge on any atom is -0.508 e. The van der Waals surface area contributed by atoms with Crippen LogP contribution in [0.15, 0.2) is 53.3 Å². The van der Waals surface area contributed by atoms with E-state index in [-0.39, 0.29) is 36.1 Å². The van der Waals surface area contributed by atoms with Gasteiger partial charge in [-0.15, -0.1) is 0 Å². The van der Waals surface area contributed by atoms with E-state index in [1.165, 1.54) is 6.07 Å². The lowest BCUT2D eigenvalue weighted by molar-refractivity contribution is -0.147. The van der Waals surface area contributed by atoms with Crippen LogP contribution < -0.4 is 11.1 Å². The number of carbonyl (C=O) groups excluding carboxylic acids is 4. The minimum absolute atomic E-state index is 0.00776. The molecule has 0 saturated heterocycles. The van der Waals surface area contributed by atoms with Crippen LogP contribution in [0.5, 0.6) is 5.75 Å². The van der Waals surface area contributed by atoms with Gasteiger partial charge in [-0.25, -0.2) is 0 Å². The Morgan fingerprint density at radius 1 is 1.11 bits per heavy atom. The first-order valence-electron chi connectivity index (χ1n) is 11.2. The van der Waals surface area contributed by atoms with Gasteiger partial charge in [-0.1, -0.05) is 18.2 Å². The fourth-order valence-electron chi connectivity index (χ4n) is 5.74. The Bertz CT molecular complexity index is 1440. The summed E-state index contributed by atoms with van der Waals surface area (Å²) in [6.45, 7) is 0. The molecule has 36 heavy (non-hydrogen) atoms. The number of phenolic OH excluding ortho intramolecular Hbond substituents is 1.